The fourth-order valence-corrected chi connectivity index (χ4v) is 4.95. The number of nitrogens with one attached hydrogen (secondary N) is 1. The zero-order valence-electron chi connectivity index (χ0n) is 17.3. The number of ether oxygens (including phenoxy) is 1. The first-order valence-corrected chi connectivity index (χ1v) is 11.4. The summed E-state index contributed by atoms with van der Waals surface area (Å²) in [6.45, 7) is 3.75. The lowest BCUT2D eigenvalue weighted by Gasteiger charge is -2.20. The molecule has 8 heteroatoms. The number of anilines is 1. The SMILES string of the molecule is COc1ccc(CNC(=O)CCS(=O)(=O)c2ccc3c(c2)C[C@H](C)N3C(C)=O)cc1. The number of hydrogen-bond donors (Lipinski definition) is 1. The van der Waals surface area contributed by atoms with Gasteiger partial charge in [-0.15, -0.1) is 0 Å². The van der Waals surface area contributed by atoms with Gasteiger partial charge < -0.3 is 15.0 Å². The summed E-state index contributed by atoms with van der Waals surface area (Å²) in [5, 5.41) is 2.74. The fourth-order valence-electron chi connectivity index (χ4n) is 3.66. The third kappa shape index (κ3) is 4.81. The van der Waals surface area contributed by atoms with Crippen molar-refractivity contribution in [2.45, 2.75) is 44.2 Å². The van der Waals surface area contributed by atoms with Crippen molar-refractivity contribution in [3.8, 4) is 5.75 Å². The Kier molecular flexibility index (Phi) is 6.45. The van der Waals surface area contributed by atoms with Crippen LogP contribution < -0.4 is 15.0 Å². The highest BCUT2D eigenvalue weighted by molar-refractivity contribution is 7.91. The number of methoxy groups -OCH3 is 1. The summed E-state index contributed by atoms with van der Waals surface area (Å²) in [5.41, 5.74) is 2.49. The minimum atomic E-state index is -3.60. The molecule has 1 atom stereocenters. The Morgan fingerprint density at radius 3 is 2.50 bits per heavy atom. The number of fused-ring (bicyclic) bond motifs is 1. The molecule has 2 amide bonds. The van der Waals surface area contributed by atoms with Crippen LogP contribution in [0, 0.1) is 0 Å². The minimum Gasteiger partial charge on any atom is -0.497 e. The Morgan fingerprint density at radius 1 is 1.17 bits per heavy atom. The molecule has 30 heavy (non-hydrogen) atoms. The second kappa shape index (κ2) is 8.87. The first kappa shape index (κ1) is 21.8. The number of sulfone groups is 1. The van der Waals surface area contributed by atoms with Gasteiger partial charge in [0.05, 0.1) is 17.8 Å². The van der Waals surface area contributed by atoms with E-state index in [1.54, 1.807) is 36.3 Å². The van der Waals surface area contributed by atoms with Gasteiger partial charge in [-0.3, -0.25) is 9.59 Å². The standard InChI is InChI=1S/C22H26N2O5S/c1-15-12-18-13-20(8-9-21(18)24(15)16(2)25)30(27,28)11-10-22(26)23-14-17-4-6-19(29-3)7-5-17/h4-9,13,15H,10-12,14H2,1-3H3,(H,23,26)/t15-/m0/s1. The average Bonchev–Trinajstić information content (AvgIpc) is 3.06. The van der Waals surface area contributed by atoms with Crippen LogP contribution in [0.2, 0.25) is 0 Å². The molecule has 1 aliphatic rings. The predicted octanol–water partition coefficient (Wildman–Crippen LogP) is 2.47. The monoisotopic (exact) mass is 430 g/mol. The van der Waals surface area contributed by atoms with Crippen LogP contribution in [0.3, 0.4) is 0 Å². The van der Waals surface area contributed by atoms with Gasteiger partial charge in [0.15, 0.2) is 9.84 Å². The molecular weight excluding hydrogens is 404 g/mol. The van der Waals surface area contributed by atoms with E-state index in [1.165, 1.54) is 13.0 Å². The Hall–Kier alpha value is -2.87. The number of amides is 2. The van der Waals surface area contributed by atoms with E-state index in [0.29, 0.717) is 13.0 Å². The Balaban J connectivity index is 1.59. The maximum absolute atomic E-state index is 12.7. The van der Waals surface area contributed by atoms with Crippen molar-refractivity contribution >= 4 is 27.3 Å². The van der Waals surface area contributed by atoms with Crippen molar-refractivity contribution in [1.29, 1.82) is 0 Å². The molecule has 2 aromatic carbocycles. The van der Waals surface area contributed by atoms with Crippen LogP contribution in [0.4, 0.5) is 5.69 Å². The number of carbonyl (C=O) groups is 2. The van der Waals surface area contributed by atoms with Gasteiger partial charge in [-0.1, -0.05) is 12.1 Å². The summed E-state index contributed by atoms with van der Waals surface area (Å²) in [4.78, 5) is 25.8. The molecule has 0 aliphatic carbocycles. The summed E-state index contributed by atoms with van der Waals surface area (Å²) >= 11 is 0. The third-order valence-corrected chi connectivity index (χ3v) is 6.93. The summed E-state index contributed by atoms with van der Waals surface area (Å²) in [7, 11) is -2.02. The first-order chi connectivity index (χ1) is 14.2. The molecule has 0 saturated carbocycles. The highest BCUT2D eigenvalue weighted by Gasteiger charge is 2.30. The van der Waals surface area contributed by atoms with Crippen molar-refractivity contribution in [2.75, 3.05) is 17.8 Å². The maximum atomic E-state index is 12.7. The molecule has 0 spiro atoms. The van der Waals surface area contributed by atoms with E-state index in [1.807, 2.05) is 19.1 Å². The number of nitrogens with zero attached hydrogens (tertiary/aromatic N) is 1. The van der Waals surface area contributed by atoms with Gasteiger partial charge in [-0.25, -0.2) is 8.42 Å². The van der Waals surface area contributed by atoms with Gasteiger partial charge in [0.1, 0.15) is 5.75 Å². The number of carbonyl (C=O) groups excluding carboxylic acids is 2. The fraction of sp³-hybridized carbons (Fsp3) is 0.364. The Labute approximate surface area is 177 Å². The van der Waals surface area contributed by atoms with Crippen LogP contribution in [0.1, 0.15) is 31.4 Å². The summed E-state index contributed by atoms with van der Waals surface area (Å²) < 4.78 is 30.5. The summed E-state index contributed by atoms with van der Waals surface area (Å²) in [6.07, 6.45) is 0.492. The summed E-state index contributed by atoms with van der Waals surface area (Å²) in [6, 6.07) is 12.1. The molecule has 2 aromatic rings. The molecule has 1 aliphatic heterocycles. The molecule has 0 radical (unpaired) electrons. The van der Waals surface area contributed by atoms with Crippen LogP contribution >= 0.6 is 0 Å². The van der Waals surface area contributed by atoms with Crippen LogP contribution in [0.25, 0.3) is 0 Å². The van der Waals surface area contributed by atoms with Gasteiger partial charge in [0.25, 0.3) is 0 Å². The first-order valence-electron chi connectivity index (χ1n) is 9.76. The highest BCUT2D eigenvalue weighted by Crippen LogP contribution is 2.34. The molecule has 7 nitrogen and oxygen atoms in total. The van der Waals surface area contributed by atoms with Crippen molar-refractivity contribution in [3.05, 3.63) is 53.6 Å². The van der Waals surface area contributed by atoms with Gasteiger partial charge >= 0.3 is 0 Å². The van der Waals surface area contributed by atoms with E-state index < -0.39 is 9.84 Å². The lowest BCUT2D eigenvalue weighted by Crippen LogP contribution is -2.33. The van der Waals surface area contributed by atoms with E-state index in [-0.39, 0.29) is 34.9 Å². The van der Waals surface area contributed by atoms with Crippen LogP contribution in [-0.2, 0) is 32.4 Å². The predicted molar refractivity (Wildman–Crippen MR) is 114 cm³/mol. The third-order valence-electron chi connectivity index (χ3n) is 5.21. The van der Waals surface area contributed by atoms with Crippen molar-refractivity contribution in [2.24, 2.45) is 0 Å². The largest absolute Gasteiger partial charge is 0.497 e. The van der Waals surface area contributed by atoms with Crippen molar-refractivity contribution in [3.63, 3.8) is 0 Å². The average molecular weight is 431 g/mol. The zero-order chi connectivity index (χ0) is 21.9. The molecule has 0 saturated heterocycles. The quantitative estimate of drug-likeness (QED) is 0.729. The number of hydrogen-bond acceptors (Lipinski definition) is 5. The molecule has 160 valence electrons. The molecule has 0 unspecified atom stereocenters. The molecular formula is C22H26N2O5S. The number of benzene rings is 2. The Bertz CT molecular complexity index is 1050. The molecule has 1 heterocycles. The van der Waals surface area contributed by atoms with Crippen LogP contribution in [0.15, 0.2) is 47.4 Å². The van der Waals surface area contributed by atoms with E-state index in [4.69, 9.17) is 4.74 Å². The maximum Gasteiger partial charge on any atom is 0.224 e. The van der Waals surface area contributed by atoms with Gasteiger partial charge in [-0.05, 0) is 54.8 Å². The number of rotatable bonds is 7. The molecule has 0 aromatic heterocycles. The topological polar surface area (TPSA) is 92.8 Å². The second-order valence-electron chi connectivity index (χ2n) is 7.43. The molecule has 1 N–H and O–H groups in total. The van der Waals surface area contributed by atoms with E-state index in [9.17, 15) is 18.0 Å². The smallest absolute Gasteiger partial charge is 0.224 e. The van der Waals surface area contributed by atoms with Gasteiger partial charge in [0, 0.05) is 31.6 Å². The van der Waals surface area contributed by atoms with Crippen molar-refractivity contribution < 1.29 is 22.7 Å². The van der Waals surface area contributed by atoms with E-state index in [0.717, 1.165) is 22.6 Å². The van der Waals surface area contributed by atoms with Crippen LogP contribution in [-0.4, -0.2) is 39.1 Å². The molecule has 0 fully saturated rings. The highest BCUT2D eigenvalue weighted by atomic mass is 32.2. The lowest BCUT2D eigenvalue weighted by atomic mass is 10.1. The van der Waals surface area contributed by atoms with E-state index >= 15 is 0 Å². The zero-order valence-corrected chi connectivity index (χ0v) is 18.2. The van der Waals surface area contributed by atoms with Gasteiger partial charge in [0.2, 0.25) is 11.8 Å². The molecule has 3 rings (SSSR count). The van der Waals surface area contributed by atoms with Crippen LogP contribution in [0.5, 0.6) is 5.75 Å². The summed E-state index contributed by atoms with van der Waals surface area (Å²) in [5.74, 6) is 0.0651. The Morgan fingerprint density at radius 2 is 1.87 bits per heavy atom. The minimum absolute atomic E-state index is 0.000753. The van der Waals surface area contributed by atoms with Crippen molar-refractivity contribution in [1.82, 2.24) is 5.32 Å². The lowest BCUT2D eigenvalue weighted by molar-refractivity contribution is -0.121. The van der Waals surface area contributed by atoms with E-state index in [2.05, 4.69) is 5.32 Å². The van der Waals surface area contributed by atoms with Gasteiger partial charge in [-0.2, -0.15) is 0 Å². The molecule has 0 bridgehead atoms. The second-order valence-corrected chi connectivity index (χ2v) is 9.54. The normalized spacial score (nSPS) is 15.6.